The molecule has 0 saturated carbocycles. The molecule has 1 rings (SSSR count). The molecule has 0 spiro atoms. The van der Waals surface area contributed by atoms with Crippen LogP contribution in [0.15, 0.2) is 24.3 Å². The Kier molecular flexibility index (Phi) is 5.44. The van der Waals surface area contributed by atoms with Gasteiger partial charge in [0.15, 0.2) is 0 Å². The zero-order chi connectivity index (χ0) is 12.9. The lowest BCUT2D eigenvalue weighted by Crippen LogP contribution is -2.50. The van der Waals surface area contributed by atoms with Crippen molar-refractivity contribution in [2.24, 2.45) is 5.73 Å². The minimum Gasteiger partial charge on any atom is -0.377 e. The summed E-state index contributed by atoms with van der Waals surface area (Å²) >= 11 is 5.86. The number of nitrogens with two attached hydrogens (primary N) is 1. The molecular formula is C14H22ClNO. The normalized spacial score (nSPS) is 13.7. The van der Waals surface area contributed by atoms with Crippen LogP contribution in [0.2, 0.25) is 5.02 Å². The van der Waals surface area contributed by atoms with Gasteiger partial charge < -0.3 is 10.5 Å². The van der Waals surface area contributed by atoms with Gasteiger partial charge in [0.1, 0.15) is 0 Å². The Bertz CT molecular complexity index is 324. The van der Waals surface area contributed by atoms with Crippen LogP contribution < -0.4 is 5.73 Å². The minimum atomic E-state index is -0.223. The highest BCUT2D eigenvalue weighted by Crippen LogP contribution is 2.25. The summed E-state index contributed by atoms with van der Waals surface area (Å²) in [5, 5.41) is 0.756. The van der Waals surface area contributed by atoms with Gasteiger partial charge in [-0.05, 0) is 37.0 Å². The Labute approximate surface area is 109 Å². The molecule has 0 saturated heterocycles. The van der Waals surface area contributed by atoms with Crippen molar-refractivity contribution in [2.75, 3.05) is 7.11 Å². The largest absolute Gasteiger partial charge is 0.377 e. The number of rotatable bonds is 6. The maximum absolute atomic E-state index is 6.30. The molecule has 96 valence electrons. The van der Waals surface area contributed by atoms with E-state index in [9.17, 15) is 0 Å². The molecule has 0 aromatic heterocycles. The fourth-order valence-corrected chi connectivity index (χ4v) is 2.40. The van der Waals surface area contributed by atoms with E-state index in [1.807, 2.05) is 24.3 Å². The van der Waals surface area contributed by atoms with Gasteiger partial charge in [0.2, 0.25) is 0 Å². The van der Waals surface area contributed by atoms with E-state index in [0.717, 1.165) is 24.3 Å². The summed E-state index contributed by atoms with van der Waals surface area (Å²) in [5.74, 6) is 0. The van der Waals surface area contributed by atoms with Gasteiger partial charge in [-0.1, -0.05) is 37.6 Å². The van der Waals surface area contributed by atoms with E-state index in [2.05, 4.69) is 13.8 Å². The molecule has 0 amide bonds. The van der Waals surface area contributed by atoms with Crippen LogP contribution in [-0.2, 0) is 11.2 Å². The second kappa shape index (κ2) is 6.39. The molecular weight excluding hydrogens is 234 g/mol. The van der Waals surface area contributed by atoms with Gasteiger partial charge in [0.25, 0.3) is 0 Å². The Morgan fingerprint density at radius 1 is 1.24 bits per heavy atom. The lowest BCUT2D eigenvalue weighted by atomic mass is 9.85. The van der Waals surface area contributed by atoms with Crippen molar-refractivity contribution < 1.29 is 4.74 Å². The number of hydrogen-bond donors (Lipinski definition) is 1. The number of methoxy groups -OCH3 is 1. The van der Waals surface area contributed by atoms with Crippen molar-refractivity contribution in [1.29, 1.82) is 0 Å². The Hall–Kier alpha value is -0.570. The molecule has 0 aliphatic heterocycles. The smallest absolute Gasteiger partial charge is 0.0826 e. The van der Waals surface area contributed by atoms with Crippen LogP contribution in [-0.4, -0.2) is 18.8 Å². The van der Waals surface area contributed by atoms with Gasteiger partial charge in [0.05, 0.1) is 5.60 Å². The van der Waals surface area contributed by atoms with Gasteiger partial charge in [-0.15, -0.1) is 0 Å². The summed E-state index contributed by atoms with van der Waals surface area (Å²) in [6.45, 7) is 4.24. The first kappa shape index (κ1) is 14.5. The van der Waals surface area contributed by atoms with Gasteiger partial charge in [-0.2, -0.15) is 0 Å². The van der Waals surface area contributed by atoms with Crippen LogP contribution in [0, 0.1) is 0 Å². The fourth-order valence-electron chi connectivity index (χ4n) is 2.27. The van der Waals surface area contributed by atoms with Crippen molar-refractivity contribution in [1.82, 2.24) is 0 Å². The summed E-state index contributed by atoms with van der Waals surface area (Å²) < 4.78 is 5.64. The number of benzene rings is 1. The molecule has 2 N–H and O–H groups in total. The topological polar surface area (TPSA) is 35.2 Å². The summed E-state index contributed by atoms with van der Waals surface area (Å²) in [5.41, 5.74) is 7.27. The van der Waals surface area contributed by atoms with E-state index in [-0.39, 0.29) is 11.6 Å². The van der Waals surface area contributed by atoms with E-state index in [4.69, 9.17) is 22.1 Å². The molecule has 0 aliphatic carbocycles. The monoisotopic (exact) mass is 255 g/mol. The van der Waals surface area contributed by atoms with Crippen molar-refractivity contribution in [3.8, 4) is 0 Å². The molecule has 0 radical (unpaired) electrons. The van der Waals surface area contributed by atoms with Crippen LogP contribution in [0.4, 0.5) is 0 Å². The molecule has 0 fully saturated rings. The Morgan fingerprint density at radius 2 is 1.76 bits per heavy atom. The van der Waals surface area contributed by atoms with Gasteiger partial charge in [-0.25, -0.2) is 0 Å². The summed E-state index contributed by atoms with van der Waals surface area (Å²) in [6, 6.07) is 7.84. The third kappa shape index (κ3) is 3.44. The molecule has 0 heterocycles. The average Bonchev–Trinajstić information content (AvgIpc) is 2.35. The van der Waals surface area contributed by atoms with Crippen molar-refractivity contribution in [3.05, 3.63) is 34.9 Å². The number of hydrogen-bond acceptors (Lipinski definition) is 2. The lowest BCUT2D eigenvalue weighted by molar-refractivity contribution is -0.0374. The maximum atomic E-state index is 6.30. The molecule has 1 aromatic rings. The van der Waals surface area contributed by atoms with Crippen molar-refractivity contribution in [2.45, 2.75) is 44.8 Å². The van der Waals surface area contributed by atoms with Crippen LogP contribution in [0.5, 0.6) is 0 Å². The fraction of sp³-hybridized carbons (Fsp3) is 0.571. The summed E-state index contributed by atoms with van der Waals surface area (Å²) in [4.78, 5) is 0. The molecule has 2 nitrogen and oxygen atoms in total. The average molecular weight is 256 g/mol. The zero-order valence-corrected chi connectivity index (χ0v) is 11.6. The quantitative estimate of drug-likeness (QED) is 0.846. The van der Waals surface area contributed by atoms with E-state index in [1.54, 1.807) is 7.11 Å². The van der Waals surface area contributed by atoms with Crippen LogP contribution in [0.25, 0.3) is 0 Å². The minimum absolute atomic E-state index is 0.00340. The van der Waals surface area contributed by atoms with Crippen molar-refractivity contribution in [3.63, 3.8) is 0 Å². The SMILES string of the molecule is CCC(CC)(OC)C(N)Cc1ccc(Cl)cc1. The molecule has 0 aliphatic rings. The number of ether oxygens (including phenoxy) is 1. The zero-order valence-electron chi connectivity index (χ0n) is 10.9. The van der Waals surface area contributed by atoms with E-state index < -0.39 is 0 Å². The first-order valence-corrected chi connectivity index (χ1v) is 6.51. The maximum Gasteiger partial charge on any atom is 0.0826 e. The second-order valence-electron chi connectivity index (χ2n) is 4.41. The lowest BCUT2D eigenvalue weighted by Gasteiger charge is -2.36. The molecule has 0 bridgehead atoms. The van der Waals surface area contributed by atoms with E-state index >= 15 is 0 Å². The van der Waals surface area contributed by atoms with E-state index in [1.165, 1.54) is 5.56 Å². The van der Waals surface area contributed by atoms with Gasteiger partial charge in [-0.3, -0.25) is 0 Å². The predicted octanol–water partition coefficient (Wildman–Crippen LogP) is 3.42. The highest BCUT2D eigenvalue weighted by Gasteiger charge is 2.33. The first-order chi connectivity index (χ1) is 8.07. The van der Waals surface area contributed by atoms with Crippen LogP contribution in [0.1, 0.15) is 32.3 Å². The Morgan fingerprint density at radius 3 is 2.18 bits per heavy atom. The molecule has 17 heavy (non-hydrogen) atoms. The molecule has 1 atom stereocenters. The van der Waals surface area contributed by atoms with Gasteiger partial charge >= 0.3 is 0 Å². The van der Waals surface area contributed by atoms with Crippen LogP contribution in [0.3, 0.4) is 0 Å². The highest BCUT2D eigenvalue weighted by atomic mass is 35.5. The number of halogens is 1. The Balaban J connectivity index is 2.76. The highest BCUT2D eigenvalue weighted by molar-refractivity contribution is 6.30. The standard InChI is InChI=1S/C14H22ClNO/c1-4-14(5-2,17-3)13(16)10-11-6-8-12(15)9-7-11/h6-9,13H,4-5,10,16H2,1-3H3. The van der Waals surface area contributed by atoms with E-state index in [0.29, 0.717) is 0 Å². The third-order valence-electron chi connectivity index (χ3n) is 3.65. The van der Waals surface area contributed by atoms with Crippen molar-refractivity contribution >= 4 is 11.6 Å². The summed E-state index contributed by atoms with van der Waals surface area (Å²) in [6.07, 6.45) is 2.66. The first-order valence-electron chi connectivity index (χ1n) is 6.13. The van der Waals surface area contributed by atoms with Gasteiger partial charge in [0, 0.05) is 18.2 Å². The van der Waals surface area contributed by atoms with Crippen LogP contribution >= 0.6 is 11.6 Å². The molecule has 3 heteroatoms. The predicted molar refractivity (Wildman–Crippen MR) is 73.5 cm³/mol. The molecule has 1 unspecified atom stereocenters. The second-order valence-corrected chi connectivity index (χ2v) is 4.85. The third-order valence-corrected chi connectivity index (χ3v) is 3.90. The summed E-state index contributed by atoms with van der Waals surface area (Å²) in [7, 11) is 1.74. The molecule has 1 aromatic carbocycles.